The van der Waals surface area contributed by atoms with Crippen molar-refractivity contribution in [3.8, 4) is 5.75 Å². The number of methoxy groups -OCH3 is 1. The zero-order valence-electron chi connectivity index (χ0n) is 22.8. The fourth-order valence-corrected chi connectivity index (χ4v) is 6.43. The molecule has 2 aromatic carbocycles. The number of nitrogens with one attached hydrogen (secondary N) is 2. The number of hydrogen-bond acceptors (Lipinski definition) is 9. The molecule has 0 radical (unpaired) electrons. The molecule has 10 nitrogen and oxygen atoms in total. The van der Waals surface area contributed by atoms with E-state index in [-0.39, 0.29) is 0 Å². The van der Waals surface area contributed by atoms with Gasteiger partial charge in [0, 0.05) is 50.2 Å². The van der Waals surface area contributed by atoms with Gasteiger partial charge in [-0.25, -0.2) is 13.4 Å². The lowest BCUT2D eigenvalue weighted by Gasteiger charge is -2.39. The molecule has 0 amide bonds. The van der Waals surface area contributed by atoms with Gasteiger partial charge in [0.2, 0.25) is 16.0 Å². The second kappa shape index (κ2) is 10.8. The van der Waals surface area contributed by atoms with Gasteiger partial charge in [0.25, 0.3) is 0 Å². The van der Waals surface area contributed by atoms with Crippen LogP contribution in [0.4, 0.5) is 34.5 Å². The number of aryl methyl sites for hydroxylation is 1. The maximum Gasteiger partial charge on any atom is 0.232 e. The predicted octanol–water partition coefficient (Wildman–Crippen LogP) is 4.51. The van der Waals surface area contributed by atoms with Crippen molar-refractivity contribution in [2.24, 2.45) is 0 Å². The van der Waals surface area contributed by atoms with E-state index in [0.29, 0.717) is 52.4 Å². The van der Waals surface area contributed by atoms with Gasteiger partial charge in [-0.3, -0.25) is 4.31 Å². The molecule has 0 spiro atoms. The highest BCUT2D eigenvalue weighted by atomic mass is 79.9. The SMILES string of the molecule is COc1cc(N2CCN(C)[C@@H](C)C2)c(C)cc1Nc1ncc(Br)c(Nc2cccc3c2N(S(C)(=O)=O)CC3)n1. The summed E-state index contributed by atoms with van der Waals surface area (Å²) in [7, 11) is 0.419. The Morgan fingerprint density at radius 3 is 2.64 bits per heavy atom. The number of hydrogen-bond donors (Lipinski definition) is 2. The van der Waals surface area contributed by atoms with Crippen LogP contribution in [-0.4, -0.2) is 75.9 Å². The number of halogens is 1. The molecule has 1 atom stereocenters. The molecule has 12 heteroatoms. The van der Waals surface area contributed by atoms with E-state index in [9.17, 15) is 8.42 Å². The Bertz CT molecular complexity index is 1500. The van der Waals surface area contributed by atoms with Crippen LogP contribution < -0.4 is 24.6 Å². The van der Waals surface area contributed by atoms with Crippen molar-refractivity contribution in [3.05, 3.63) is 52.1 Å². The molecule has 2 aliphatic heterocycles. The first-order valence-electron chi connectivity index (χ1n) is 12.8. The van der Waals surface area contributed by atoms with Gasteiger partial charge in [0.1, 0.15) is 11.6 Å². The highest BCUT2D eigenvalue weighted by Gasteiger charge is 2.29. The molecule has 0 saturated carbocycles. The van der Waals surface area contributed by atoms with E-state index < -0.39 is 10.0 Å². The lowest BCUT2D eigenvalue weighted by molar-refractivity contribution is 0.234. The summed E-state index contributed by atoms with van der Waals surface area (Å²) in [6, 6.07) is 10.3. The third-order valence-corrected chi connectivity index (χ3v) is 9.16. The Morgan fingerprint density at radius 2 is 1.92 bits per heavy atom. The Labute approximate surface area is 238 Å². The molecule has 3 heterocycles. The number of aromatic nitrogens is 2. The summed E-state index contributed by atoms with van der Waals surface area (Å²) < 4.78 is 32.7. The monoisotopic (exact) mass is 615 g/mol. The third-order valence-electron chi connectivity index (χ3n) is 7.42. The van der Waals surface area contributed by atoms with Crippen LogP contribution in [0.15, 0.2) is 41.0 Å². The highest BCUT2D eigenvalue weighted by molar-refractivity contribution is 9.10. The smallest absolute Gasteiger partial charge is 0.232 e. The molecule has 1 aromatic heterocycles. The van der Waals surface area contributed by atoms with Crippen LogP contribution in [0.25, 0.3) is 0 Å². The van der Waals surface area contributed by atoms with Gasteiger partial charge in [-0.15, -0.1) is 0 Å². The van der Waals surface area contributed by atoms with Crippen molar-refractivity contribution in [1.82, 2.24) is 14.9 Å². The minimum Gasteiger partial charge on any atom is -0.494 e. The van der Waals surface area contributed by atoms with Crippen LogP contribution >= 0.6 is 15.9 Å². The molecule has 1 saturated heterocycles. The van der Waals surface area contributed by atoms with E-state index in [0.717, 1.165) is 42.1 Å². The van der Waals surface area contributed by atoms with Crippen molar-refractivity contribution < 1.29 is 13.2 Å². The summed E-state index contributed by atoms with van der Waals surface area (Å²) in [5.74, 6) is 1.60. The molecule has 2 N–H and O–H groups in total. The first kappa shape index (κ1) is 27.5. The average Bonchev–Trinajstić information content (AvgIpc) is 3.34. The molecule has 39 heavy (non-hydrogen) atoms. The minimum absolute atomic E-state index is 0.381. The Hall–Kier alpha value is -3.09. The fourth-order valence-electron chi connectivity index (χ4n) is 5.17. The molecule has 0 unspecified atom stereocenters. The molecule has 208 valence electrons. The Balaban J connectivity index is 1.42. The maximum absolute atomic E-state index is 12.4. The average molecular weight is 617 g/mol. The number of sulfonamides is 1. The maximum atomic E-state index is 12.4. The molecule has 0 aliphatic carbocycles. The van der Waals surface area contributed by atoms with Gasteiger partial charge >= 0.3 is 0 Å². The standard InChI is InChI=1S/C27H34BrN7O3S/c1-17-13-22(24(38-4)14-23(17)34-12-11-33(3)18(2)16-34)31-27-29-15-20(28)26(32-27)30-21-8-6-7-19-9-10-35(25(19)21)39(5,36)37/h6-8,13-15,18H,9-12,16H2,1-5H3,(H2,29,30,31,32)/t18-/m0/s1. The topological polar surface area (TPSA) is 103 Å². The van der Waals surface area contributed by atoms with E-state index in [1.807, 2.05) is 18.2 Å². The number of likely N-dealkylation sites (N-methyl/N-ethyl adjacent to an activating group) is 1. The molecular weight excluding hydrogens is 582 g/mol. The Kier molecular flexibility index (Phi) is 7.62. The first-order chi connectivity index (χ1) is 18.5. The first-order valence-corrected chi connectivity index (χ1v) is 15.5. The Morgan fingerprint density at radius 1 is 1.13 bits per heavy atom. The molecule has 2 aliphatic rings. The number of para-hydroxylation sites is 1. The van der Waals surface area contributed by atoms with Crippen molar-refractivity contribution in [1.29, 1.82) is 0 Å². The summed E-state index contributed by atoms with van der Waals surface area (Å²) >= 11 is 3.53. The van der Waals surface area contributed by atoms with Gasteiger partial charge in [-0.1, -0.05) is 12.1 Å². The molecule has 1 fully saturated rings. The van der Waals surface area contributed by atoms with Crippen LogP contribution in [0.1, 0.15) is 18.1 Å². The third kappa shape index (κ3) is 5.64. The number of benzene rings is 2. The van der Waals surface area contributed by atoms with Crippen molar-refractivity contribution >= 4 is 60.5 Å². The zero-order valence-corrected chi connectivity index (χ0v) is 25.2. The second-order valence-corrected chi connectivity index (χ2v) is 12.9. The highest BCUT2D eigenvalue weighted by Crippen LogP contribution is 2.40. The van der Waals surface area contributed by atoms with Crippen LogP contribution in [0.2, 0.25) is 0 Å². The number of anilines is 6. The molecule has 3 aromatic rings. The van der Waals surface area contributed by atoms with E-state index >= 15 is 0 Å². The number of rotatable bonds is 7. The summed E-state index contributed by atoms with van der Waals surface area (Å²) in [5.41, 5.74) is 5.35. The molecular formula is C27H34BrN7O3S. The number of nitrogens with zero attached hydrogens (tertiary/aromatic N) is 5. The van der Waals surface area contributed by atoms with Crippen LogP contribution in [-0.2, 0) is 16.4 Å². The van der Waals surface area contributed by atoms with Crippen molar-refractivity contribution in [2.45, 2.75) is 26.3 Å². The number of fused-ring (bicyclic) bond motifs is 1. The lowest BCUT2D eigenvalue weighted by Crippen LogP contribution is -2.50. The quantitative estimate of drug-likeness (QED) is 0.397. The predicted molar refractivity (Wildman–Crippen MR) is 161 cm³/mol. The molecule has 0 bridgehead atoms. The second-order valence-electron chi connectivity index (χ2n) is 10.2. The van der Waals surface area contributed by atoms with Gasteiger partial charge in [0.15, 0.2) is 0 Å². The number of ether oxygens (including phenoxy) is 1. The van der Waals surface area contributed by atoms with Crippen LogP contribution in [0.5, 0.6) is 5.75 Å². The largest absolute Gasteiger partial charge is 0.494 e. The van der Waals surface area contributed by atoms with Gasteiger partial charge in [-0.05, 0) is 66.5 Å². The zero-order chi connectivity index (χ0) is 27.9. The summed E-state index contributed by atoms with van der Waals surface area (Å²) in [5, 5.41) is 6.62. The summed E-state index contributed by atoms with van der Waals surface area (Å²) in [4.78, 5) is 13.9. The van der Waals surface area contributed by atoms with Crippen molar-refractivity contribution in [2.75, 3.05) is 66.4 Å². The van der Waals surface area contributed by atoms with E-state index in [1.165, 1.54) is 10.6 Å². The lowest BCUT2D eigenvalue weighted by atomic mass is 10.1. The van der Waals surface area contributed by atoms with Crippen LogP contribution in [0, 0.1) is 6.92 Å². The van der Waals surface area contributed by atoms with E-state index in [1.54, 1.807) is 13.3 Å². The number of piperazine rings is 1. The molecule has 5 rings (SSSR count). The van der Waals surface area contributed by atoms with Crippen LogP contribution in [0.3, 0.4) is 0 Å². The minimum atomic E-state index is -3.40. The summed E-state index contributed by atoms with van der Waals surface area (Å²) in [6.07, 6.45) is 3.55. The van der Waals surface area contributed by atoms with Gasteiger partial charge < -0.3 is 25.2 Å². The fraction of sp³-hybridized carbons (Fsp3) is 0.407. The van der Waals surface area contributed by atoms with Crippen molar-refractivity contribution in [3.63, 3.8) is 0 Å². The normalized spacial score (nSPS) is 17.7. The van der Waals surface area contributed by atoms with Gasteiger partial charge in [-0.2, -0.15) is 4.98 Å². The van der Waals surface area contributed by atoms with E-state index in [2.05, 4.69) is 74.4 Å². The van der Waals surface area contributed by atoms with Gasteiger partial charge in [0.05, 0.1) is 34.9 Å². The summed E-state index contributed by atoms with van der Waals surface area (Å²) in [6.45, 7) is 7.70. The van der Waals surface area contributed by atoms with E-state index in [4.69, 9.17) is 9.72 Å².